The van der Waals surface area contributed by atoms with E-state index in [1.165, 1.54) is 103 Å². The molecule has 350 valence electrons. The van der Waals surface area contributed by atoms with Crippen molar-refractivity contribution in [1.82, 2.24) is 10.2 Å². The Hall–Kier alpha value is -0.610. The number of ether oxygens (including phenoxy) is 2. The molecular weight excluding hydrogens is 766 g/mol. The molecule has 4 fully saturated rings. The molecule has 59 heavy (non-hydrogen) atoms. The van der Waals surface area contributed by atoms with Crippen LogP contribution in [0.5, 0.6) is 0 Å². The van der Waals surface area contributed by atoms with Crippen molar-refractivity contribution >= 4 is 0 Å². The Morgan fingerprint density at radius 2 is 1.12 bits per heavy atom. The number of nitrogens with one attached hydrogen (secondary N) is 1. The van der Waals surface area contributed by atoms with E-state index in [4.69, 9.17) is 9.47 Å². The van der Waals surface area contributed by atoms with E-state index < -0.39 is 74.4 Å². The van der Waals surface area contributed by atoms with E-state index in [2.05, 4.69) is 24.1 Å². The Balaban J connectivity index is 1.45. The molecule has 0 radical (unpaired) electrons. The Morgan fingerprint density at radius 1 is 0.661 bits per heavy atom. The molecule has 0 aromatic carbocycles. The number of aliphatic hydroxyl groups is 6. The number of hydrogen-bond donors (Lipinski definition) is 7. The fourth-order valence-corrected chi connectivity index (χ4v) is 9.55. The van der Waals surface area contributed by atoms with Gasteiger partial charge in [0, 0.05) is 5.54 Å². The van der Waals surface area contributed by atoms with Crippen LogP contribution in [0.2, 0.25) is 0 Å². The zero-order valence-corrected chi connectivity index (χ0v) is 37.0. The summed E-state index contributed by atoms with van der Waals surface area (Å²) in [7, 11) is 0. The molecule has 0 aromatic heterocycles. The Kier molecular flexibility index (Phi) is 25.9. The number of alkyl halides is 3. The lowest BCUT2D eigenvalue weighted by atomic mass is 9.49. The summed E-state index contributed by atoms with van der Waals surface area (Å²) in [5.41, 5.74) is 0.461. The number of hydrogen-bond acceptors (Lipinski definition) is 10. The van der Waals surface area contributed by atoms with Crippen molar-refractivity contribution in [3.63, 3.8) is 0 Å². The van der Waals surface area contributed by atoms with E-state index >= 15 is 0 Å². The first-order valence-electron chi connectivity index (χ1n) is 24.2. The van der Waals surface area contributed by atoms with Crippen LogP contribution in [0, 0.1) is 5.92 Å². The van der Waals surface area contributed by atoms with Crippen molar-refractivity contribution in [2.24, 2.45) is 5.92 Å². The van der Waals surface area contributed by atoms with Gasteiger partial charge in [-0.2, -0.15) is 13.2 Å². The van der Waals surface area contributed by atoms with Gasteiger partial charge in [0.1, 0.15) is 30.5 Å². The molecule has 1 heterocycles. The highest BCUT2D eigenvalue weighted by Crippen LogP contribution is 2.60. The van der Waals surface area contributed by atoms with E-state index in [1.54, 1.807) is 0 Å². The van der Waals surface area contributed by atoms with Gasteiger partial charge in [-0.25, -0.2) is 0 Å². The average molecular weight is 853 g/mol. The Labute approximate surface area is 355 Å². The quantitative estimate of drug-likeness (QED) is 0.0306. The van der Waals surface area contributed by atoms with Gasteiger partial charge in [-0.15, -0.1) is 0 Å². The number of nitrogens with zero attached hydrogens (tertiary/aromatic N) is 1. The first-order valence-corrected chi connectivity index (χ1v) is 24.2. The van der Waals surface area contributed by atoms with Gasteiger partial charge in [-0.1, -0.05) is 149 Å². The number of unbranched alkanes of at least 4 members (excludes halogenated alkanes) is 20. The van der Waals surface area contributed by atoms with Crippen LogP contribution in [0.4, 0.5) is 13.2 Å². The molecule has 3 aliphatic carbocycles. The van der Waals surface area contributed by atoms with Gasteiger partial charge >= 0.3 is 6.18 Å². The first kappa shape index (κ1) is 52.7. The van der Waals surface area contributed by atoms with Crippen LogP contribution in [0.15, 0.2) is 0 Å². The van der Waals surface area contributed by atoms with Gasteiger partial charge in [0.15, 0.2) is 6.29 Å². The molecule has 0 aromatic rings. The second-order valence-electron chi connectivity index (χ2n) is 18.6. The standard InChI is InChI=1S/C46H87F3N2O8/c1-3-5-7-9-10-11-12-13-14-15-18-22-26-37(53)40(54)36(34-58-44-43(57)42(56)41(55)38(33-52)59-44)50-39(46(47,48)49)27-23-19-16-17-21-25-29-51(28-24-20-8-6-4-2)45-30-35(31-45)32-45/h35-44,50,52-57H,3-34H2,1-2H3/t35?,36-,37+,38?,39?,40-,41?,42?,43?,44?,45?/m0/s1. The normalized spacial score (nSPS) is 27.7. The monoisotopic (exact) mass is 853 g/mol. The molecule has 4 aliphatic rings. The minimum Gasteiger partial charge on any atom is -0.394 e. The molecule has 10 nitrogen and oxygen atoms in total. The topological polar surface area (TPSA) is 155 Å². The summed E-state index contributed by atoms with van der Waals surface area (Å²) in [6, 6.07) is -3.37. The summed E-state index contributed by atoms with van der Waals surface area (Å²) >= 11 is 0. The molecule has 6 unspecified atom stereocenters. The summed E-state index contributed by atoms with van der Waals surface area (Å²) in [6.45, 7) is 5.46. The van der Waals surface area contributed by atoms with Crippen molar-refractivity contribution in [1.29, 1.82) is 0 Å². The number of halogens is 3. The van der Waals surface area contributed by atoms with Crippen molar-refractivity contribution in [3.8, 4) is 0 Å². The SMILES string of the molecule is CCCCCCCCCCCCCC[C@@H](O)[C@@H](O)[C@H](COC1OC(CO)C(O)C(O)C1O)NC(CCCCCCCCN(CCCCCCC)C12CC(C1)C2)C(F)(F)F. The highest BCUT2D eigenvalue weighted by atomic mass is 19.4. The van der Waals surface area contributed by atoms with E-state index in [0.717, 1.165) is 63.8 Å². The maximum absolute atomic E-state index is 14.5. The minimum atomic E-state index is -4.64. The van der Waals surface area contributed by atoms with Crippen LogP contribution in [0.25, 0.3) is 0 Å². The predicted octanol–water partition coefficient (Wildman–Crippen LogP) is 8.06. The molecule has 2 bridgehead atoms. The summed E-state index contributed by atoms with van der Waals surface area (Å²) < 4.78 is 54.5. The molecule has 13 heteroatoms. The highest BCUT2D eigenvalue weighted by molar-refractivity contribution is 5.14. The van der Waals surface area contributed by atoms with Crippen LogP contribution in [-0.4, -0.2) is 129 Å². The minimum absolute atomic E-state index is 0.200. The fraction of sp³-hybridized carbons (Fsp3) is 1.00. The van der Waals surface area contributed by atoms with Crippen molar-refractivity contribution < 1.29 is 53.3 Å². The smallest absolute Gasteiger partial charge is 0.394 e. The molecule has 0 spiro atoms. The van der Waals surface area contributed by atoms with Gasteiger partial charge in [0.25, 0.3) is 0 Å². The fourth-order valence-electron chi connectivity index (χ4n) is 9.55. The third-order valence-electron chi connectivity index (χ3n) is 13.6. The van der Waals surface area contributed by atoms with E-state index in [1.807, 2.05) is 0 Å². The molecule has 9 atom stereocenters. The lowest BCUT2D eigenvalue weighted by molar-refractivity contribution is -0.303. The molecule has 1 saturated heterocycles. The largest absolute Gasteiger partial charge is 0.403 e. The van der Waals surface area contributed by atoms with Crippen molar-refractivity contribution in [2.45, 2.75) is 260 Å². The first-order chi connectivity index (χ1) is 28.4. The summed E-state index contributed by atoms with van der Waals surface area (Å²) in [6.07, 6.45) is 13.4. The lowest BCUT2D eigenvalue weighted by Gasteiger charge is -2.67. The predicted molar refractivity (Wildman–Crippen MR) is 227 cm³/mol. The second kappa shape index (κ2) is 29.0. The molecule has 1 aliphatic heterocycles. The second-order valence-corrected chi connectivity index (χ2v) is 18.6. The third-order valence-corrected chi connectivity index (χ3v) is 13.6. The van der Waals surface area contributed by atoms with Crippen molar-refractivity contribution in [3.05, 3.63) is 0 Å². The van der Waals surface area contributed by atoms with Crippen LogP contribution in [-0.2, 0) is 9.47 Å². The zero-order chi connectivity index (χ0) is 43.1. The van der Waals surface area contributed by atoms with Crippen LogP contribution in [0.1, 0.15) is 194 Å². The van der Waals surface area contributed by atoms with Gasteiger partial charge < -0.3 is 40.1 Å². The maximum atomic E-state index is 14.5. The summed E-state index contributed by atoms with van der Waals surface area (Å²) in [4.78, 5) is 2.75. The third kappa shape index (κ3) is 18.6. The molecule has 4 rings (SSSR count). The summed E-state index contributed by atoms with van der Waals surface area (Å²) in [5.74, 6) is 0.940. The van der Waals surface area contributed by atoms with Gasteiger partial charge in [0.2, 0.25) is 0 Å². The van der Waals surface area contributed by atoms with Crippen LogP contribution in [0.3, 0.4) is 0 Å². The van der Waals surface area contributed by atoms with Gasteiger partial charge in [-0.05, 0) is 64.0 Å². The van der Waals surface area contributed by atoms with Crippen LogP contribution < -0.4 is 5.32 Å². The van der Waals surface area contributed by atoms with E-state index in [0.29, 0.717) is 24.8 Å². The van der Waals surface area contributed by atoms with Gasteiger partial charge in [-0.3, -0.25) is 10.2 Å². The molecular formula is C46H87F3N2O8. The average Bonchev–Trinajstić information content (AvgIpc) is 3.17. The van der Waals surface area contributed by atoms with E-state index in [-0.39, 0.29) is 12.8 Å². The maximum Gasteiger partial charge on any atom is 0.403 e. The zero-order valence-electron chi connectivity index (χ0n) is 37.0. The van der Waals surface area contributed by atoms with Crippen molar-refractivity contribution in [2.75, 3.05) is 26.3 Å². The lowest BCUT2D eigenvalue weighted by Crippen LogP contribution is -2.68. The highest BCUT2D eigenvalue weighted by Gasteiger charge is 2.59. The Bertz CT molecular complexity index is 1040. The molecule has 7 N–H and O–H groups in total. The summed E-state index contributed by atoms with van der Waals surface area (Å²) in [5, 5.41) is 65.2. The molecule has 3 saturated carbocycles. The number of aliphatic hydroxyl groups excluding tert-OH is 6. The molecule has 0 amide bonds. The number of rotatable bonds is 37. The Morgan fingerprint density at radius 3 is 1.56 bits per heavy atom. The van der Waals surface area contributed by atoms with Crippen LogP contribution >= 0.6 is 0 Å². The van der Waals surface area contributed by atoms with E-state index in [9.17, 15) is 43.8 Å². The van der Waals surface area contributed by atoms with Gasteiger partial charge in [0.05, 0.1) is 31.5 Å².